The highest BCUT2D eigenvalue weighted by Gasteiger charge is 2.22. The summed E-state index contributed by atoms with van der Waals surface area (Å²) in [6.07, 6.45) is 5.07. The van der Waals surface area contributed by atoms with Crippen LogP contribution in [-0.4, -0.2) is 27.5 Å². The number of aromatic carboxylic acids is 1. The number of aromatic nitrogens is 2. The summed E-state index contributed by atoms with van der Waals surface area (Å²) in [5.41, 5.74) is 1.14. The quantitative estimate of drug-likeness (QED) is 0.857. The Hall–Kier alpha value is -2.81. The number of carbonyl (C=O) groups is 1. The number of hydrogen-bond acceptors (Lipinski definition) is 3. The highest BCUT2D eigenvalue weighted by atomic mass is 16.5. The molecule has 0 radical (unpaired) electrons. The molecule has 1 fully saturated rings. The van der Waals surface area contributed by atoms with Crippen LogP contribution in [-0.2, 0) is 0 Å². The first kappa shape index (κ1) is 13.2. The molecule has 0 amide bonds. The Labute approximate surface area is 121 Å². The van der Waals surface area contributed by atoms with E-state index in [-0.39, 0.29) is 5.56 Å². The van der Waals surface area contributed by atoms with Crippen LogP contribution >= 0.6 is 0 Å². The van der Waals surface area contributed by atoms with E-state index in [0.717, 1.165) is 0 Å². The first-order valence-electron chi connectivity index (χ1n) is 6.60. The number of nitrogens with zero attached hydrogens (tertiary/aromatic N) is 3. The van der Waals surface area contributed by atoms with E-state index >= 15 is 0 Å². The SMILES string of the molecule is [C-]#[N+]c1cc(-n2cc(C(=O)O)cn2)ccc1OCC1CC1. The van der Waals surface area contributed by atoms with Crippen LogP contribution in [0.4, 0.5) is 5.69 Å². The lowest BCUT2D eigenvalue weighted by molar-refractivity contribution is 0.0697. The van der Waals surface area contributed by atoms with E-state index in [1.165, 1.54) is 29.9 Å². The molecule has 0 atom stereocenters. The van der Waals surface area contributed by atoms with E-state index in [4.69, 9.17) is 16.4 Å². The Morgan fingerprint density at radius 2 is 2.33 bits per heavy atom. The van der Waals surface area contributed by atoms with Gasteiger partial charge in [0.25, 0.3) is 0 Å². The van der Waals surface area contributed by atoms with Crippen molar-refractivity contribution < 1.29 is 14.6 Å². The third-order valence-corrected chi connectivity index (χ3v) is 3.33. The van der Waals surface area contributed by atoms with Gasteiger partial charge in [-0.2, -0.15) is 5.10 Å². The molecule has 0 spiro atoms. The zero-order valence-corrected chi connectivity index (χ0v) is 11.2. The summed E-state index contributed by atoms with van der Waals surface area (Å²) >= 11 is 0. The van der Waals surface area contributed by atoms with Crippen LogP contribution in [0.1, 0.15) is 23.2 Å². The van der Waals surface area contributed by atoms with Crippen LogP contribution in [0.25, 0.3) is 10.5 Å². The maximum Gasteiger partial charge on any atom is 0.338 e. The molecule has 6 nitrogen and oxygen atoms in total. The summed E-state index contributed by atoms with van der Waals surface area (Å²) in [4.78, 5) is 14.3. The average molecular weight is 283 g/mol. The predicted octanol–water partition coefficient (Wildman–Crippen LogP) is 2.91. The standard InChI is InChI=1S/C15H13N3O3/c1-16-13-6-12(18-8-11(7-17-18)15(19)20)4-5-14(13)21-9-10-2-3-10/h4-8,10H,2-3,9H2,(H,19,20). The number of carboxylic acids is 1. The second-order valence-corrected chi connectivity index (χ2v) is 5.00. The summed E-state index contributed by atoms with van der Waals surface area (Å²) in [7, 11) is 0. The molecule has 1 aromatic carbocycles. The van der Waals surface area contributed by atoms with Crippen LogP contribution < -0.4 is 4.74 Å². The lowest BCUT2D eigenvalue weighted by Crippen LogP contribution is -2.00. The molecule has 1 heterocycles. The fourth-order valence-electron chi connectivity index (χ4n) is 1.92. The van der Waals surface area contributed by atoms with Gasteiger partial charge in [0, 0.05) is 6.20 Å². The summed E-state index contributed by atoms with van der Waals surface area (Å²) in [5, 5.41) is 12.9. The molecule has 0 aliphatic heterocycles. The third kappa shape index (κ3) is 2.87. The van der Waals surface area contributed by atoms with Crippen LogP contribution in [0, 0.1) is 12.5 Å². The summed E-state index contributed by atoms with van der Waals surface area (Å²) in [6, 6.07) is 5.14. The minimum Gasteiger partial charge on any atom is -0.504 e. The molecular formula is C15H13N3O3. The molecule has 2 aromatic rings. The van der Waals surface area contributed by atoms with Crippen LogP contribution in [0.3, 0.4) is 0 Å². The van der Waals surface area contributed by atoms with Gasteiger partial charge in [0.1, 0.15) is 5.75 Å². The highest BCUT2D eigenvalue weighted by molar-refractivity contribution is 5.87. The zero-order valence-electron chi connectivity index (χ0n) is 11.2. The molecule has 1 saturated carbocycles. The van der Waals surface area contributed by atoms with Crippen molar-refractivity contribution in [1.82, 2.24) is 9.78 Å². The van der Waals surface area contributed by atoms with Gasteiger partial charge in [0.05, 0.1) is 30.6 Å². The largest absolute Gasteiger partial charge is 0.504 e. The minimum atomic E-state index is -1.03. The van der Waals surface area contributed by atoms with Crippen LogP contribution in [0.15, 0.2) is 30.6 Å². The summed E-state index contributed by atoms with van der Waals surface area (Å²) in [6.45, 7) is 7.89. The molecule has 0 unspecified atom stereocenters. The highest BCUT2D eigenvalue weighted by Crippen LogP contribution is 2.34. The molecule has 1 aromatic heterocycles. The van der Waals surface area contributed by atoms with Gasteiger partial charge in [0.15, 0.2) is 0 Å². The normalized spacial score (nSPS) is 13.7. The van der Waals surface area contributed by atoms with Crippen molar-refractivity contribution in [2.24, 2.45) is 5.92 Å². The number of benzene rings is 1. The van der Waals surface area contributed by atoms with Crippen LogP contribution in [0.5, 0.6) is 5.75 Å². The maximum absolute atomic E-state index is 10.9. The van der Waals surface area contributed by atoms with E-state index < -0.39 is 5.97 Å². The average Bonchev–Trinajstić information content (AvgIpc) is 3.18. The topological polar surface area (TPSA) is 68.7 Å². The van der Waals surface area contributed by atoms with Crippen LogP contribution in [0.2, 0.25) is 0 Å². The predicted molar refractivity (Wildman–Crippen MR) is 75.0 cm³/mol. The first-order valence-corrected chi connectivity index (χ1v) is 6.60. The van der Waals surface area contributed by atoms with Crippen molar-refractivity contribution in [3.8, 4) is 11.4 Å². The molecule has 6 heteroatoms. The molecule has 0 bridgehead atoms. The Bertz CT molecular complexity index is 726. The molecule has 1 aliphatic carbocycles. The van der Waals surface area contributed by atoms with E-state index in [1.54, 1.807) is 18.2 Å². The zero-order chi connectivity index (χ0) is 14.8. The van der Waals surface area contributed by atoms with Gasteiger partial charge in [-0.3, -0.25) is 0 Å². The van der Waals surface area contributed by atoms with E-state index in [9.17, 15) is 4.79 Å². The molecule has 106 valence electrons. The minimum absolute atomic E-state index is 0.105. The van der Waals surface area contributed by atoms with E-state index in [0.29, 0.717) is 29.6 Å². The van der Waals surface area contributed by atoms with Crippen molar-refractivity contribution in [1.29, 1.82) is 0 Å². The van der Waals surface area contributed by atoms with Gasteiger partial charge in [-0.05, 0) is 37.0 Å². The van der Waals surface area contributed by atoms with Gasteiger partial charge < -0.3 is 9.84 Å². The fraction of sp³-hybridized carbons (Fsp3) is 0.267. The van der Waals surface area contributed by atoms with Gasteiger partial charge in [-0.15, -0.1) is 0 Å². The second-order valence-electron chi connectivity index (χ2n) is 5.00. The van der Waals surface area contributed by atoms with Gasteiger partial charge in [-0.1, -0.05) is 0 Å². The van der Waals surface area contributed by atoms with Gasteiger partial charge in [0.2, 0.25) is 5.69 Å². The Morgan fingerprint density at radius 1 is 1.52 bits per heavy atom. The molecule has 3 rings (SSSR count). The number of carboxylic acid groups (broad SMARTS) is 1. The third-order valence-electron chi connectivity index (χ3n) is 3.33. The molecule has 1 N–H and O–H groups in total. The van der Waals surface area contributed by atoms with Crippen molar-refractivity contribution in [2.75, 3.05) is 6.61 Å². The second kappa shape index (κ2) is 5.29. The fourth-order valence-corrected chi connectivity index (χ4v) is 1.92. The van der Waals surface area contributed by atoms with Crippen molar-refractivity contribution in [3.05, 3.63) is 47.6 Å². The summed E-state index contributed by atoms with van der Waals surface area (Å²) < 4.78 is 7.08. The summed E-state index contributed by atoms with van der Waals surface area (Å²) in [5.74, 6) is 0.148. The number of hydrogen-bond donors (Lipinski definition) is 1. The molecule has 0 saturated heterocycles. The molecule has 21 heavy (non-hydrogen) atoms. The smallest absolute Gasteiger partial charge is 0.338 e. The monoisotopic (exact) mass is 283 g/mol. The molecule has 1 aliphatic rings. The lowest BCUT2D eigenvalue weighted by atomic mass is 10.2. The Balaban J connectivity index is 1.85. The van der Waals surface area contributed by atoms with E-state index in [2.05, 4.69) is 9.94 Å². The van der Waals surface area contributed by atoms with Gasteiger partial charge in [-0.25, -0.2) is 14.3 Å². The number of rotatable bonds is 5. The molecular weight excluding hydrogens is 270 g/mol. The maximum atomic E-state index is 10.9. The van der Waals surface area contributed by atoms with Gasteiger partial charge >= 0.3 is 5.97 Å². The van der Waals surface area contributed by atoms with Crippen molar-refractivity contribution in [3.63, 3.8) is 0 Å². The van der Waals surface area contributed by atoms with E-state index in [1.807, 2.05) is 0 Å². The lowest BCUT2D eigenvalue weighted by Gasteiger charge is -2.09. The van der Waals surface area contributed by atoms with Crippen molar-refractivity contribution >= 4 is 11.7 Å². The number of ether oxygens (including phenoxy) is 1. The van der Waals surface area contributed by atoms with Crippen molar-refractivity contribution in [2.45, 2.75) is 12.8 Å². The first-order chi connectivity index (χ1) is 10.2. The Morgan fingerprint density at radius 3 is 2.95 bits per heavy atom. The Kier molecular flexibility index (Phi) is 3.32.